The zero-order valence-corrected chi connectivity index (χ0v) is 10.1. The lowest BCUT2D eigenvalue weighted by Gasteiger charge is -2.23. The molecule has 0 N–H and O–H groups in total. The molecule has 2 nitrogen and oxygen atoms in total. The molecule has 0 spiro atoms. The van der Waals surface area contributed by atoms with E-state index in [9.17, 15) is 0 Å². The summed E-state index contributed by atoms with van der Waals surface area (Å²) in [5.74, 6) is 0. The van der Waals surface area contributed by atoms with Gasteiger partial charge in [0, 0.05) is 25.0 Å². The number of alkyl halides is 1. The van der Waals surface area contributed by atoms with Crippen LogP contribution < -0.4 is 0 Å². The molecule has 0 aliphatic heterocycles. The molecular formula is C10H23ClN2. The number of likely N-dealkylation sites (N-methyl/N-ethyl adjacent to an activating group) is 2. The lowest BCUT2D eigenvalue weighted by Crippen LogP contribution is -2.35. The van der Waals surface area contributed by atoms with Gasteiger partial charge in [0.05, 0.1) is 0 Å². The van der Waals surface area contributed by atoms with E-state index in [-0.39, 0.29) is 5.38 Å². The molecule has 0 aliphatic carbocycles. The second kappa shape index (κ2) is 7.60. The van der Waals surface area contributed by atoms with Gasteiger partial charge >= 0.3 is 0 Å². The van der Waals surface area contributed by atoms with E-state index < -0.39 is 0 Å². The van der Waals surface area contributed by atoms with Crippen molar-refractivity contribution in [1.82, 2.24) is 9.80 Å². The predicted octanol–water partition coefficient (Wildman–Crippen LogP) is 1.89. The first-order valence-electron chi connectivity index (χ1n) is 5.15. The zero-order valence-electron chi connectivity index (χ0n) is 9.39. The minimum Gasteiger partial charge on any atom is -0.304 e. The molecule has 0 aliphatic rings. The van der Waals surface area contributed by atoms with Gasteiger partial charge in [-0.25, -0.2) is 0 Å². The predicted molar refractivity (Wildman–Crippen MR) is 60.6 cm³/mol. The Hall–Kier alpha value is 0.210. The molecule has 0 amide bonds. The quantitative estimate of drug-likeness (QED) is 0.587. The fourth-order valence-electron chi connectivity index (χ4n) is 1.37. The normalized spacial score (nSPS) is 14.1. The van der Waals surface area contributed by atoms with Crippen molar-refractivity contribution in [3.8, 4) is 0 Å². The van der Waals surface area contributed by atoms with E-state index in [2.05, 4.69) is 30.7 Å². The van der Waals surface area contributed by atoms with Crippen molar-refractivity contribution in [2.45, 2.75) is 26.1 Å². The van der Waals surface area contributed by atoms with Crippen molar-refractivity contribution in [3.05, 3.63) is 0 Å². The van der Waals surface area contributed by atoms with E-state index in [0.29, 0.717) is 0 Å². The Labute approximate surface area is 87.8 Å². The Balaban J connectivity index is 3.49. The molecule has 13 heavy (non-hydrogen) atoms. The van der Waals surface area contributed by atoms with Gasteiger partial charge in [-0.1, -0.05) is 13.8 Å². The van der Waals surface area contributed by atoms with Gasteiger partial charge < -0.3 is 9.80 Å². The van der Waals surface area contributed by atoms with Gasteiger partial charge in [-0.05, 0) is 27.1 Å². The third-order valence-corrected chi connectivity index (χ3v) is 2.39. The Morgan fingerprint density at radius 1 is 1.15 bits per heavy atom. The maximum atomic E-state index is 5.90. The van der Waals surface area contributed by atoms with Crippen LogP contribution >= 0.6 is 11.6 Å². The summed E-state index contributed by atoms with van der Waals surface area (Å²) in [6, 6.07) is 0. The molecule has 0 bridgehead atoms. The minimum absolute atomic E-state index is 0.252. The summed E-state index contributed by atoms with van der Waals surface area (Å²) in [4.78, 5) is 4.71. The molecule has 0 saturated carbocycles. The molecular weight excluding hydrogens is 184 g/mol. The summed E-state index contributed by atoms with van der Waals surface area (Å²) in [6.07, 6.45) is 0. The molecule has 0 aromatic rings. The van der Waals surface area contributed by atoms with Crippen molar-refractivity contribution in [1.29, 1.82) is 0 Å². The summed E-state index contributed by atoms with van der Waals surface area (Å²) in [5.41, 5.74) is 0. The Morgan fingerprint density at radius 2 is 1.69 bits per heavy atom. The standard InChI is InChI=1S/C10H23ClN2/c1-5-13(6-2)8-7-12(4)9-10(3)11/h10H,5-9H2,1-4H3. The Morgan fingerprint density at radius 3 is 2.08 bits per heavy atom. The number of halogens is 1. The van der Waals surface area contributed by atoms with Crippen LogP contribution in [0, 0.1) is 0 Å². The summed E-state index contributed by atoms with van der Waals surface area (Å²) >= 11 is 5.90. The summed E-state index contributed by atoms with van der Waals surface area (Å²) in [5, 5.41) is 0.252. The van der Waals surface area contributed by atoms with Crippen LogP contribution in [0.5, 0.6) is 0 Å². The molecule has 0 saturated heterocycles. The maximum Gasteiger partial charge on any atom is 0.0434 e. The number of nitrogens with zero attached hydrogens (tertiary/aromatic N) is 2. The van der Waals surface area contributed by atoms with Crippen molar-refractivity contribution in [2.24, 2.45) is 0 Å². The molecule has 3 heteroatoms. The summed E-state index contributed by atoms with van der Waals surface area (Å²) in [7, 11) is 2.13. The van der Waals surface area contributed by atoms with Crippen molar-refractivity contribution in [2.75, 3.05) is 39.8 Å². The number of hydrogen-bond donors (Lipinski definition) is 0. The molecule has 1 unspecified atom stereocenters. The van der Waals surface area contributed by atoms with Gasteiger partial charge in [0.25, 0.3) is 0 Å². The molecule has 0 rings (SSSR count). The van der Waals surface area contributed by atoms with Crippen molar-refractivity contribution in [3.63, 3.8) is 0 Å². The van der Waals surface area contributed by atoms with Gasteiger partial charge in [-0.15, -0.1) is 11.6 Å². The highest BCUT2D eigenvalue weighted by Gasteiger charge is 2.04. The fraction of sp³-hybridized carbons (Fsp3) is 1.00. The molecule has 0 aromatic heterocycles. The smallest absolute Gasteiger partial charge is 0.0434 e. The average molecular weight is 207 g/mol. The lowest BCUT2D eigenvalue weighted by molar-refractivity contribution is 0.242. The van der Waals surface area contributed by atoms with Gasteiger partial charge in [-0.2, -0.15) is 0 Å². The highest BCUT2D eigenvalue weighted by molar-refractivity contribution is 6.20. The molecule has 1 atom stereocenters. The van der Waals surface area contributed by atoms with Crippen molar-refractivity contribution >= 4 is 11.6 Å². The zero-order chi connectivity index (χ0) is 10.3. The minimum atomic E-state index is 0.252. The summed E-state index contributed by atoms with van der Waals surface area (Å²) < 4.78 is 0. The van der Waals surface area contributed by atoms with Gasteiger partial charge in [-0.3, -0.25) is 0 Å². The summed E-state index contributed by atoms with van der Waals surface area (Å²) in [6.45, 7) is 12.0. The Bertz CT molecular complexity index is 113. The topological polar surface area (TPSA) is 6.48 Å². The van der Waals surface area contributed by atoms with E-state index in [1.54, 1.807) is 0 Å². The van der Waals surface area contributed by atoms with Crippen LogP contribution in [-0.2, 0) is 0 Å². The maximum absolute atomic E-state index is 5.90. The molecule has 0 aromatic carbocycles. The largest absolute Gasteiger partial charge is 0.304 e. The molecule has 0 fully saturated rings. The highest BCUT2D eigenvalue weighted by atomic mass is 35.5. The number of rotatable bonds is 7. The monoisotopic (exact) mass is 206 g/mol. The van der Waals surface area contributed by atoms with Gasteiger partial charge in [0.15, 0.2) is 0 Å². The lowest BCUT2D eigenvalue weighted by atomic mass is 10.4. The van der Waals surface area contributed by atoms with Crippen LogP contribution in [0.4, 0.5) is 0 Å². The van der Waals surface area contributed by atoms with Gasteiger partial charge in [0.2, 0.25) is 0 Å². The van der Waals surface area contributed by atoms with Crippen LogP contribution in [0.1, 0.15) is 20.8 Å². The van der Waals surface area contributed by atoms with Crippen LogP contribution in [-0.4, -0.2) is 54.9 Å². The van der Waals surface area contributed by atoms with Crippen LogP contribution in [0.2, 0.25) is 0 Å². The second-order valence-electron chi connectivity index (χ2n) is 3.57. The molecule has 80 valence electrons. The third kappa shape index (κ3) is 7.29. The third-order valence-electron chi connectivity index (χ3n) is 2.26. The molecule has 0 radical (unpaired) electrons. The Kier molecular flexibility index (Phi) is 7.72. The first-order valence-corrected chi connectivity index (χ1v) is 5.58. The fourth-order valence-corrected chi connectivity index (χ4v) is 1.61. The van der Waals surface area contributed by atoms with Crippen molar-refractivity contribution < 1.29 is 0 Å². The van der Waals surface area contributed by atoms with Crippen LogP contribution in [0.25, 0.3) is 0 Å². The van der Waals surface area contributed by atoms with Gasteiger partial charge in [0.1, 0.15) is 0 Å². The number of hydrogen-bond acceptors (Lipinski definition) is 2. The van der Waals surface area contributed by atoms with E-state index in [1.165, 1.54) is 0 Å². The first-order chi connectivity index (χ1) is 6.10. The van der Waals surface area contributed by atoms with Crippen LogP contribution in [0.3, 0.4) is 0 Å². The van der Waals surface area contributed by atoms with E-state index in [1.807, 2.05) is 6.92 Å². The average Bonchev–Trinajstić information content (AvgIpc) is 2.05. The first kappa shape index (κ1) is 13.2. The SMILES string of the molecule is CCN(CC)CCN(C)CC(C)Cl. The van der Waals surface area contributed by atoms with Crippen LogP contribution in [0.15, 0.2) is 0 Å². The van der Waals surface area contributed by atoms with E-state index in [4.69, 9.17) is 11.6 Å². The van der Waals surface area contributed by atoms with E-state index in [0.717, 1.165) is 32.7 Å². The highest BCUT2D eigenvalue weighted by Crippen LogP contribution is 1.97. The van der Waals surface area contributed by atoms with E-state index >= 15 is 0 Å². The second-order valence-corrected chi connectivity index (χ2v) is 4.31. The molecule has 0 heterocycles.